The Morgan fingerprint density at radius 1 is 1.26 bits per heavy atom. The minimum atomic E-state index is -3.52. The predicted octanol–water partition coefficient (Wildman–Crippen LogP) is 3.88. The van der Waals surface area contributed by atoms with Gasteiger partial charge in [0.1, 0.15) is 15.7 Å². The lowest BCUT2D eigenvalue weighted by atomic mass is 10.1. The van der Waals surface area contributed by atoms with Crippen molar-refractivity contribution in [2.45, 2.75) is 25.8 Å². The molecule has 34 heavy (non-hydrogen) atoms. The highest BCUT2D eigenvalue weighted by Crippen LogP contribution is 2.41. The van der Waals surface area contributed by atoms with Gasteiger partial charge in [0.2, 0.25) is 11.8 Å². The number of halogens is 1. The summed E-state index contributed by atoms with van der Waals surface area (Å²) in [4.78, 5) is 12.3. The van der Waals surface area contributed by atoms with Crippen molar-refractivity contribution in [2.24, 2.45) is 5.92 Å². The van der Waals surface area contributed by atoms with Crippen LogP contribution in [-0.4, -0.2) is 49.7 Å². The second-order valence-corrected chi connectivity index (χ2v) is 10.6. The van der Waals surface area contributed by atoms with E-state index in [1.54, 1.807) is 18.2 Å². The van der Waals surface area contributed by atoms with Gasteiger partial charge in [-0.25, -0.2) is 12.8 Å². The van der Waals surface area contributed by atoms with E-state index in [1.165, 1.54) is 30.0 Å². The first-order valence-electron chi connectivity index (χ1n) is 10.9. The minimum absolute atomic E-state index is 0.0724. The van der Waals surface area contributed by atoms with E-state index in [-0.39, 0.29) is 39.9 Å². The highest BCUT2D eigenvalue weighted by Gasteiger charge is 2.31. The quantitative estimate of drug-likeness (QED) is 0.472. The van der Waals surface area contributed by atoms with Crippen LogP contribution in [0.25, 0.3) is 10.8 Å². The number of methoxy groups -OCH3 is 1. The van der Waals surface area contributed by atoms with Crippen molar-refractivity contribution in [3.05, 3.63) is 47.9 Å². The summed E-state index contributed by atoms with van der Waals surface area (Å²) in [5.41, 5.74) is 0.793. The van der Waals surface area contributed by atoms with Crippen molar-refractivity contribution >= 4 is 32.2 Å². The zero-order valence-corrected chi connectivity index (χ0v) is 20.0. The number of benzene rings is 2. The Balaban J connectivity index is 1.87. The summed E-state index contributed by atoms with van der Waals surface area (Å²) in [5.74, 6) is -0.685. The molecule has 1 saturated carbocycles. The van der Waals surface area contributed by atoms with Crippen LogP contribution >= 0.6 is 0 Å². The molecule has 1 aromatic heterocycles. The van der Waals surface area contributed by atoms with Gasteiger partial charge < -0.3 is 24.5 Å². The number of aromatic hydroxyl groups is 1. The first kappa shape index (κ1) is 23.9. The smallest absolute Gasteiger partial charge is 0.227 e. The Kier molecular flexibility index (Phi) is 6.44. The number of nitrogens with zero attached hydrogens (tertiary/aromatic N) is 1. The predicted molar refractivity (Wildman–Crippen MR) is 127 cm³/mol. The highest BCUT2D eigenvalue weighted by atomic mass is 32.2. The molecule has 2 aromatic carbocycles. The molecule has 1 aliphatic rings. The fourth-order valence-electron chi connectivity index (χ4n) is 4.01. The van der Waals surface area contributed by atoms with Gasteiger partial charge >= 0.3 is 0 Å². The van der Waals surface area contributed by atoms with Crippen LogP contribution in [0.3, 0.4) is 0 Å². The molecule has 1 fully saturated rings. The SMILES string of the molecule is CCOc1cc(C(CS(C)(=O)=O)n2cc3c(F)ccc(NC(=O)C4CC4)c3c2O)ccc1OC. The molecule has 0 spiro atoms. The van der Waals surface area contributed by atoms with Gasteiger partial charge in [-0.3, -0.25) is 4.79 Å². The number of hydrogen-bond acceptors (Lipinski definition) is 6. The number of carbonyl (C=O) groups excluding carboxylic acids is 1. The van der Waals surface area contributed by atoms with E-state index in [0.717, 1.165) is 19.1 Å². The van der Waals surface area contributed by atoms with Crippen LogP contribution in [0, 0.1) is 11.7 Å². The third-order valence-electron chi connectivity index (χ3n) is 5.80. The van der Waals surface area contributed by atoms with Crippen molar-refractivity contribution < 1.29 is 32.2 Å². The Hall–Kier alpha value is -3.27. The number of rotatable bonds is 9. The van der Waals surface area contributed by atoms with Crippen LogP contribution in [0.1, 0.15) is 31.4 Å². The van der Waals surface area contributed by atoms with Crippen LogP contribution in [0.4, 0.5) is 10.1 Å². The van der Waals surface area contributed by atoms with Gasteiger partial charge in [0.25, 0.3) is 0 Å². The molecule has 3 aromatic rings. The number of anilines is 1. The molecule has 1 amide bonds. The molecule has 1 atom stereocenters. The second kappa shape index (κ2) is 9.17. The average molecular weight is 491 g/mol. The molecule has 182 valence electrons. The van der Waals surface area contributed by atoms with Gasteiger partial charge in [-0.1, -0.05) is 6.07 Å². The largest absolute Gasteiger partial charge is 0.494 e. The van der Waals surface area contributed by atoms with E-state index in [0.29, 0.717) is 23.7 Å². The molecule has 2 N–H and O–H groups in total. The summed E-state index contributed by atoms with van der Waals surface area (Å²) in [7, 11) is -2.03. The number of hydrogen-bond donors (Lipinski definition) is 2. The molecule has 0 saturated heterocycles. The molecule has 8 nitrogen and oxygen atoms in total. The molecule has 1 heterocycles. The van der Waals surface area contributed by atoms with E-state index in [2.05, 4.69) is 5.32 Å². The molecule has 0 bridgehead atoms. The summed E-state index contributed by atoms with van der Waals surface area (Å²) < 4.78 is 51.7. The van der Waals surface area contributed by atoms with E-state index >= 15 is 0 Å². The Labute approximate surface area is 197 Å². The average Bonchev–Trinajstić information content (AvgIpc) is 3.57. The first-order chi connectivity index (χ1) is 16.1. The van der Waals surface area contributed by atoms with Crippen LogP contribution in [-0.2, 0) is 14.6 Å². The molecule has 1 unspecified atom stereocenters. The van der Waals surface area contributed by atoms with Crippen LogP contribution in [0.5, 0.6) is 17.4 Å². The van der Waals surface area contributed by atoms with E-state index in [4.69, 9.17) is 9.47 Å². The molecular formula is C24H27FN2O6S. The van der Waals surface area contributed by atoms with Crippen LogP contribution in [0.2, 0.25) is 0 Å². The lowest BCUT2D eigenvalue weighted by molar-refractivity contribution is -0.117. The maximum absolute atomic E-state index is 14.7. The number of sulfone groups is 1. The summed E-state index contributed by atoms with van der Waals surface area (Å²) in [6.45, 7) is 2.18. The van der Waals surface area contributed by atoms with Crippen molar-refractivity contribution in [3.63, 3.8) is 0 Å². The Bertz CT molecular complexity index is 1350. The minimum Gasteiger partial charge on any atom is -0.494 e. The Morgan fingerprint density at radius 3 is 2.62 bits per heavy atom. The first-order valence-corrected chi connectivity index (χ1v) is 13.0. The van der Waals surface area contributed by atoms with Crippen molar-refractivity contribution in [1.29, 1.82) is 0 Å². The van der Waals surface area contributed by atoms with Gasteiger partial charge in [-0.05, 0) is 49.6 Å². The van der Waals surface area contributed by atoms with E-state index in [9.17, 15) is 22.7 Å². The number of nitrogens with one attached hydrogen (secondary N) is 1. The normalized spacial score (nSPS) is 14.7. The van der Waals surface area contributed by atoms with Gasteiger partial charge in [0.05, 0.1) is 36.6 Å². The van der Waals surface area contributed by atoms with Crippen molar-refractivity contribution in [1.82, 2.24) is 4.57 Å². The van der Waals surface area contributed by atoms with Gasteiger partial charge in [0.15, 0.2) is 11.5 Å². The second-order valence-electron chi connectivity index (χ2n) is 8.46. The number of ether oxygens (including phenoxy) is 2. The maximum Gasteiger partial charge on any atom is 0.227 e. The molecule has 4 rings (SSSR count). The third-order valence-corrected chi connectivity index (χ3v) is 6.72. The zero-order valence-electron chi connectivity index (χ0n) is 19.2. The zero-order chi connectivity index (χ0) is 24.6. The number of amides is 1. The number of carbonyl (C=O) groups is 1. The summed E-state index contributed by atoms with van der Waals surface area (Å²) in [6, 6.07) is 6.69. The molecule has 0 radical (unpaired) electrons. The van der Waals surface area contributed by atoms with Crippen molar-refractivity contribution in [2.75, 3.05) is 31.0 Å². The van der Waals surface area contributed by atoms with Crippen LogP contribution in [0.15, 0.2) is 36.5 Å². The van der Waals surface area contributed by atoms with Crippen molar-refractivity contribution in [3.8, 4) is 17.4 Å². The molecule has 1 aliphatic carbocycles. The van der Waals surface area contributed by atoms with Gasteiger partial charge in [-0.15, -0.1) is 0 Å². The molecule has 0 aliphatic heterocycles. The Morgan fingerprint density at radius 2 is 2.00 bits per heavy atom. The number of aromatic nitrogens is 1. The summed E-state index contributed by atoms with van der Waals surface area (Å²) >= 11 is 0. The fraction of sp³-hybridized carbons (Fsp3) is 0.375. The fourth-order valence-corrected chi connectivity index (χ4v) is 4.93. The number of fused-ring (bicyclic) bond motifs is 1. The monoisotopic (exact) mass is 490 g/mol. The third kappa shape index (κ3) is 4.82. The topological polar surface area (TPSA) is 107 Å². The van der Waals surface area contributed by atoms with E-state index < -0.39 is 21.7 Å². The summed E-state index contributed by atoms with van der Waals surface area (Å²) in [5, 5.41) is 14.1. The van der Waals surface area contributed by atoms with Gasteiger partial charge in [-0.2, -0.15) is 0 Å². The lowest BCUT2D eigenvalue weighted by Gasteiger charge is -2.21. The molecular weight excluding hydrogens is 463 g/mol. The highest BCUT2D eigenvalue weighted by molar-refractivity contribution is 7.90. The summed E-state index contributed by atoms with van der Waals surface area (Å²) in [6.07, 6.45) is 4.04. The standard InChI is InChI=1S/C24H27FN2O6S/c1-4-33-21-11-15(7-10-20(21)32-2)19(13-34(3,30)31)27-12-16-17(25)8-9-18(22(16)24(27)29)26-23(28)14-5-6-14/h7-12,14,19,29H,4-6,13H2,1-3H3,(H,26,28). The lowest BCUT2D eigenvalue weighted by Crippen LogP contribution is -2.20. The molecule has 10 heteroatoms. The van der Waals surface area contributed by atoms with E-state index in [1.807, 2.05) is 6.92 Å². The maximum atomic E-state index is 14.7. The van der Waals surface area contributed by atoms with Crippen LogP contribution < -0.4 is 14.8 Å². The van der Waals surface area contributed by atoms with Gasteiger partial charge in [0, 0.05) is 23.8 Å².